The van der Waals surface area contributed by atoms with Crippen LogP contribution in [-0.4, -0.2) is 14.3 Å². The summed E-state index contributed by atoms with van der Waals surface area (Å²) in [6.45, 7) is 7.72. The highest BCUT2D eigenvalue weighted by Gasteiger charge is 2.29. The molecule has 0 amide bonds. The van der Waals surface area contributed by atoms with Crippen molar-refractivity contribution >= 4 is 11.4 Å². The van der Waals surface area contributed by atoms with Gasteiger partial charge in [-0.15, -0.1) is 4.72 Å². The van der Waals surface area contributed by atoms with E-state index < -0.39 is 11.4 Å². The summed E-state index contributed by atoms with van der Waals surface area (Å²) >= 11 is -1.13. The quantitative estimate of drug-likeness (QED) is 0.877. The molecule has 4 nitrogen and oxygen atoms in total. The Morgan fingerprint density at radius 2 is 1.90 bits per heavy atom. The fourth-order valence-corrected chi connectivity index (χ4v) is 2.39. The molecule has 0 aliphatic carbocycles. The van der Waals surface area contributed by atoms with Crippen LogP contribution < -0.4 is 4.72 Å². The van der Waals surface area contributed by atoms with E-state index in [0.717, 1.165) is 11.3 Å². The zero-order chi connectivity index (χ0) is 14.8. The summed E-state index contributed by atoms with van der Waals surface area (Å²) in [7, 11) is 0. The lowest BCUT2D eigenvalue weighted by molar-refractivity contribution is 0.527. The molecule has 0 radical (unpaired) electrons. The van der Waals surface area contributed by atoms with E-state index >= 15 is 0 Å². The maximum absolute atomic E-state index is 12.1. The average molecular weight is 292 g/mol. The molecule has 1 N–H and O–H groups in total. The summed E-state index contributed by atoms with van der Waals surface area (Å²) in [6, 6.07) is 9.59. The second kappa shape index (κ2) is 5.99. The van der Waals surface area contributed by atoms with Gasteiger partial charge in [-0.25, -0.2) is 4.98 Å². The molecule has 1 unspecified atom stereocenters. The van der Waals surface area contributed by atoms with Crippen molar-refractivity contribution in [2.24, 2.45) is 0 Å². The second-order valence-corrected chi connectivity index (χ2v) is 7.66. The zero-order valence-electron chi connectivity index (χ0n) is 12.2. The van der Waals surface area contributed by atoms with Crippen LogP contribution in [0.5, 0.6) is 0 Å². The van der Waals surface area contributed by atoms with Crippen molar-refractivity contribution in [1.29, 1.82) is 0 Å². The van der Waals surface area contributed by atoms with Gasteiger partial charge in [-0.3, -0.25) is 0 Å². The van der Waals surface area contributed by atoms with Gasteiger partial charge in [-0.1, -0.05) is 18.2 Å². The predicted molar refractivity (Wildman–Crippen MR) is 81.4 cm³/mol. The number of benzene rings is 1. The third-order valence-electron chi connectivity index (χ3n) is 2.83. The lowest BCUT2D eigenvalue weighted by atomic mass is 10.2. The Morgan fingerprint density at radius 3 is 2.50 bits per heavy atom. The number of hydrogen-bond donors (Lipinski definition) is 1. The molecule has 1 aromatic carbocycles. The normalized spacial score (nSPS) is 15.1. The molecule has 2 aromatic rings. The minimum atomic E-state index is -1.13. The van der Waals surface area contributed by atoms with Crippen LogP contribution in [0.4, 0.5) is 0 Å². The van der Waals surface area contributed by atoms with E-state index in [9.17, 15) is 4.55 Å². The van der Waals surface area contributed by atoms with Crippen molar-refractivity contribution in [3.05, 3.63) is 42.3 Å². The van der Waals surface area contributed by atoms with E-state index in [1.807, 2.05) is 58.0 Å². The maximum atomic E-state index is 12.1. The van der Waals surface area contributed by atoms with Gasteiger partial charge in [0.25, 0.3) is 0 Å². The van der Waals surface area contributed by atoms with Gasteiger partial charge < -0.3 is 8.97 Å². The van der Waals surface area contributed by atoms with E-state index in [2.05, 4.69) is 9.71 Å². The number of rotatable bonds is 4. The van der Waals surface area contributed by atoms with Crippen LogP contribution in [-0.2, 0) is 11.4 Å². The van der Waals surface area contributed by atoms with Crippen LogP contribution in [0.25, 0.3) is 11.5 Å². The van der Waals surface area contributed by atoms with Crippen molar-refractivity contribution < 1.29 is 8.97 Å². The van der Waals surface area contributed by atoms with Gasteiger partial charge in [0, 0.05) is 16.9 Å². The molecule has 2 atom stereocenters. The van der Waals surface area contributed by atoms with Gasteiger partial charge in [0.1, 0.15) is 16.7 Å². The third-order valence-corrected chi connectivity index (χ3v) is 4.51. The molecule has 5 heteroatoms. The Kier molecular flexibility index (Phi) is 4.52. The number of oxazole rings is 1. The maximum Gasteiger partial charge on any atom is 0.226 e. The predicted octanol–water partition coefficient (Wildman–Crippen LogP) is 3.45. The lowest BCUT2D eigenvalue weighted by Crippen LogP contribution is -2.40. The van der Waals surface area contributed by atoms with Crippen molar-refractivity contribution in [2.45, 2.75) is 38.5 Å². The molecular weight excluding hydrogens is 272 g/mol. The molecule has 108 valence electrons. The highest BCUT2D eigenvalue weighted by molar-refractivity contribution is 7.90. The fourth-order valence-electron chi connectivity index (χ4n) is 1.60. The Hall–Kier alpha value is -1.30. The summed E-state index contributed by atoms with van der Waals surface area (Å²) in [5, 5.41) is 0. The summed E-state index contributed by atoms with van der Waals surface area (Å²) in [5.74, 6) is 0.579. The van der Waals surface area contributed by atoms with Crippen molar-refractivity contribution in [3.63, 3.8) is 0 Å². The number of nitrogens with one attached hydrogen (secondary N) is 1. The fraction of sp³-hybridized carbons (Fsp3) is 0.400. The minimum absolute atomic E-state index is 0.128. The zero-order valence-corrected chi connectivity index (χ0v) is 13.0. The topological polar surface area (TPSA) is 61.1 Å². The van der Waals surface area contributed by atoms with Gasteiger partial charge in [0.15, 0.2) is 0 Å². The molecule has 20 heavy (non-hydrogen) atoms. The molecule has 0 spiro atoms. The molecule has 0 aliphatic heterocycles. The first-order chi connectivity index (χ1) is 9.38. The largest absolute Gasteiger partial charge is 0.598 e. The first kappa shape index (κ1) is 15.1. The Bertz CT molecular complexity index is 549. The average Bonchev–Trinajstić information content (AvgIpc) is 2.88. The molecule has 0 aliphatic rings. The summed E-state index contributed by atoms with van der Waals surface area (Å²) in [4.78, 5) is 4.45. The van der Waals surface area contributed by atoms with Gasteiger partial charge in [-0.2, -0.15) is 0 Å². The highest BCUT2D eigenvalue weighted by Crippen LogP contribution is 2.23. The molecule has 1 aromatic heterocycles. The van der Waals surface area contributed by atoms with Crippen LogP contribution in [0.3, 0.4) is 0 Å². The molecule has 0 saturated heterocycles. The monoisotopic (exact) mass is 292 g/mol. The van der Waals surface area contributed by atoms with E-state index in [4.69, 9.17) is 4.42 Å². The lowest BCUT2D eigenvalue weighted by Gasteiger charge is -2.25. The SMILES string of the molecule is CC(N[S@+]([O-])C(C)(C)C)c1coc(-c2ccccc2)n1. The van der Waals surface area contributed by atoms with Gasteiger partial charge in [0.2, 0.25) is 5.89 Å². The third kappa shape index (κ3) is 3.62. The highest BCUT2D eigenvalue weighted by atomic mass is 32.2. The van der Waals surface area contributed by atoms with Crippen LogP contribution in [0.15, 0.2) is 41.0 Å². The number of aromatic nitrogens is 1. The Balaban J connectivity index is 2.09. The first-order valence-electron chi connectivity index (χ1n) is 6.57. The molecule has 0 bridgehead atoms. The summed E-state index contributed by atoms with van der Waals surface area (Å²) < 4.78 is 20.3. The first-order valence-corrected chi connectivity index (χ1v) is 7.72. The number of hydrogen-bond acceptors (Lipinski definition) is 4. The van der Waals surface area contributed by atoms with E-state index in [-0.39, 0.29) is 10.8 Å². The van der Waals surface area contributed by atoms with E-state index in [0.29, 0.717) is 5.89 Å². The molecule has 0 fully saturated rings. The Morgan fingerprint density at radius 1 is 1.25 bits per heavy atom. The van der Waals surface area contributed by atoms with Crippen LogP contribution >= 0.6 is 0 Å². The van der Waals surface area contributed by atoms with Crippen molar-refractivity contribution in [1.82, 2.24) is 9.71 Å². The van der Waals surface area contributed by atoms with Crippen molar-refractivity contribution in [2.75, 3.05) is 0 Å². The van der Waals surface area contributed by atoms with Crippen LogP contribution in [0.2, 0.25) is 0 Å². The van der Waals surface area contributed by atoms with Gasteiger partial charge in [-0.05, 0) is 39.8 Å². The van der Waals surface area contributed by atoms with Crippen molar-refractivity contribution in [3.8, 4) is 11.5 Å². The van der Waals surface area contributed by atoms with Gasteiger partial charge in [0.05, 0.1) is 6.04 Å². The van der Waals surface area contributed by atoms with Crippen LogP contribution in [0.1, 0.15) is 39.4 Å². The Labute approximate surface area is 122 Å². The van der Waals surface area contributed by atoms with E-state index in [1.165, 1.54) is 0 Å². The smallest absolute Gasteiger partial charge is 0.226 e. The number of nitrogens with zero attached hydrogens (tertiary/aromatic N) is 1. The van der Waals surface area contributed by atoms with Crippen LogP contribution in [0, 0.1) is 0 Å². The summed E-state index contributed by atoms with van der Waals surface area (Å²) in [6.07, 6.45) is 1.61. The summed E-state index contributed by atoms with van der Waals surface area (Å²) in [5.41, 5.74) is 1.68. The molecular formula is C15H20N2O2S. The molecule has 0 saturated carbocycles. The standard InChI is InChI=1S/C15H20N2O2S/c1-11(17-20(18)15(2,3)4)13-10-19-14(16-13)12-8-6-5-7-9-12/h5-11,17H,1-4H3/t11?,20-/m1/s1. The molecule has 2 rings (SSSR count). The van der Waals surface area contributed by atoms with Gasteiger partial charge >= 0.3 is 0 Å². The van der Waals surface area contributed by atoms with E-state index in [1.54, 1.807) is 6.26 Å². The molecule has 1 heterocycles. The second-order valence-electron chi connectivity index (χ2n) is 5.66. The minimum Gasteiger partial charge on any atom is -0.598 e.